The van der Waals surface area contributed by atoms with E-state index in [1.54, 1.807) is 11.3 Å². The summed E-state index contributed by atoms with van der Waals surface area (Å²) < 4.78 is 7.17. The third-order valence-corrected chi connectivity index (χ3v) is 7.01. The fraction of sp³-hybridized carbons (Fsp3) is 0.714. The average Bonchev–Trinajstić information content (AvgIpc) is 2.85. The summed E-state index contributed by atoms with van der Waals surface area (Å²) in [6, 6.07) is 2.05. The third-order valence-electron chi connectivity index (χ3n) is 4.26. The normalized spacial score (nSPS) is 28.4. The summed E-state index contributed by atoms with van der Waals surface area (Å²) in [5.74, 6) is 2.75. The molecule has 2 saturated heterocycles. The van der Waals surface area contributed by atoms with Crippen LogP contribution in [0.1, 0.15) is 36.7 Å². The molecule has 19 heavy (non-hydrogen) atoms. The van der Waals surface area contributed by atoms with Gasteiger partial charge in [-0.1, -0.05) is 0 Å². The Morgan fingerprint density at radius 2 is 2.21 bits per heavy atom. The molecule has 3 rings (SSSR count). The molecule has 1 spiro atoms. The van der Waals surface area contributed by atoms with E-state index in [0.717, 1.165) is 41.6 Å². The minimum atomic E-state index is -0.327. The first-order valence-corrected chi connectivity index (χ1v) is 9.65. The lowest BCUT2D eigenvalue weighted by atomic mass is 9.79. The zero-order valence-corrected chi connectivity index (χ0v) is 14.0. The van der Waals surface area contributed by atoms with E-state index in [0.29, 0.717) is 5.92 Å². The van der Waals surface area contributed by atoms with Crippen molar-refractivity contribution in [3.63, 3.8) is 0 Å². The Bertz CT molecular complexity index is 423. The van der Waals surface area contributed by atoms with Gasteiger partial charge in [-0.05, 0) is 65.1 Å². The van der Waals surface area contributed by atoms with E-state index in [4.69, 9.17) is 4.74 Å². The highest BCUT2D eigenvalue weighted by Crippen LogP contribution is 2.44. The van der Waals surface area contributed by atoms with Crippen molar-refractivity contribution < 1.29 is 9.84 Å². The van der Waals surface area contributed by atoms with Crippen LogP contribution >= 0.6 is 39.0 Å². The molecule has 2 atom stereocenters. The van der Waals surface area contributed by atoms with Gasteiger partial charge in [0.25, 0.3) is 0 Å². The quantitative estimate of drug-likeness (QED) is 0.853. The molecule has 0 aromatic carbocycles. The van der Waals surface area contributed by atoms with Crippen LogP contribution in [0.3, 0.4) is 0 Å². The van der Waals surface area contributed by atoms with Gasteiger partial charge < -0.3 is 9.84 Å². The van der Waals surface area contributed by atoms with Gasteiger partial charge in [0.05, 0.1) is 11.7 Å². The molecule has 2 fully saturated rings. The SMILES string of the molecule is OC(c1cc(Br)cs1)C1CCOC2(CCSCC2)C1. The molecule has 1 N–H and O–H groups in total. The number of ether oxygens (including phenoxy) is 1. The van der Waals surface area contributed by atoms with Gasteiger partial charge in [-0.25, -0.2) is 0 Å². The third kappa shape index (κ3) is 3.21. The number of thiophene rings is 1. The highest BCUT2D eigenvalue weighted by molar-refractivity contribution is 9.10. The molecule has 0 amide bonds. The van der Waals surface area contributed by atoms with E-state index in [2.05, 4.69) is 15.9 Å². The van der Waals surface area contributed by atoms with E-state index in [9.17, 15) is 5.11 Å². The molecule has 0 bridgehead atoms. The Hall–Kier alpha value is 0.450. The Kier molecular flexibility index (Phi) is 4.59. The maximum Gasteiger partial charge on any atom is 0.0912 e. The largest absolute Gasteiger partial charge is 0.387 e. The molecule has 5 heteroatoms. The molecule has 1 aromatic heterocycles. The molecule has 106 valence electrons. The van der Waals surface area contributed by atoms with Crippen molar-refractivity contribution in [2.75, 3.05) is 18.1 Å². The van der Waals surface area contributed by atoms with Crippen molar-refractivity contribution >= 4 is 39.0 Å². The van der Waals surface area contributed by atoms with Crippen molar-refractivity contribution in [1.29, 1.82) is 0 Å². The summed E-state index contributed by atoms with van der Waals surface area (Å²) in [6.07, 6.45) is 3.96. The van der Waals surface area contributed by atoms with Crippen LogP contribution in [0.15, 0.2) is 15.9 Å². The van der Waals surface area contributed by atoms with Gasteiger partial charge in [0.15, 0.2) is 0 Å². The van der Waals surface area contributed by atoms with Crippen molar-refractivity contribution in [3.05, 3.63) is 20.8 Å². The number of aliphatic hydroxyl groups excluding tert-OH is 1. The minimum Gasteiger partial charge on any atom is -0.387 e. The van der Waals surface area contributed by atoms with Crippen molar-refractivity contribution in [3.8, 4) is 0 Å². The fourth-order valence-corrected chi connectivity index (χ4v) is 5.90. The van der Waals surface area contributed by atoms with Crippen molar-refractivity contribution in [1.82, 2.24) is 0 Å². The lowest BCUT2D eigenvalue weighted by Gasteiger charge is -2.44. The second-order valence-electron chi connectivity index (χ2n) is 5.51. The van der Waals surface area contributed by atoms with E-state index in [1.807, 2.05) is 23.2 Å². The topological polar surface area (TPSA) is 29.5 Å². The fourth-order valence-electron chi connectivity index (χ4n) is 3.14. The van der Waals surface area contributed by atoms with Crippen molar-refractivity contribution in [2.24, 2.45) is 5.92 Å². The summed E-state index contributed by atoms with van der Waals surface area (Å²) in [6.45, 7) is 0.805. The summed E-state index contributed by atoms with van der Waals surface area (Å²) in [4.78, 5) is 1.08. The van der Waals surface area contributed by atoms with Gasteiger partial charge in [0.2, 0.25) is 0 Å². The Labute approximate surface area is 131 Å². The van der Waals surface area contributed by atoms with Crippen LogP contribution in [0.25, 0.3) is 0 Å². The van der Waals surface area contributed by atoms with E-state index < -0.39 is 0 Å². The molecule has 2 aliphatic heterocycles. The highest BCUT2D eigenvalue weighted by atomic mass is 79.9. The molecule has 0 saturated carbocycles. The Morgan fingerprint density at radius 3 is 2.89 bits per heavy atom. The van der Waals surface area contributed by atoms with E-state index >= 15 is 0 Å². The van der Waals surface area contributed by atoms with Crippen LogP contribution in [0.5, 0.6) is 0 Å². The molecule has 3 heterocycles. The van der Waals surface area contributed by atoms with Gasteiger partial charge in [0, 0.05) is 21.3 Å². The van der Waals surface area contributed by atoms with Crippen LogP contribution in [-0.2, 0) is 4.74 Å². The first-order chi connectivity index (χ1) is 9.19. The number of hydrogen-bond donors (Lipinski definition) is 1. The van der Waals surface area contributed by atoms with Crippen LogP contribution in [-0.4, -0.2) is 28.8 Å². The molecule has 2 unspecified atom stereocenters. The number of rotatable bonds is 2. The van der Waals surface area contributed by atoms with Crippen LogP contribution < -0.4 is 0 Å². The Balaban J connectivity index is 1.70. The molecule has 2 aliphatic rings. The number of thioether (sulfide) groups is 1. The van der Waals surface area contributed by atoms with E-state index in [1.165, 1.54) is 11.5 Å². The standard InChI is InChI=1S/C14H19BrO2S2/c15-11-7-12(19-9-11)13(16)10-1-4-17-14(8-10)2-5-18-6-3-14/h7,9-10,13,16H,1-6,8H2. The Morgan fingerprint density at radius 1 is 1.42 bits per heavy atom. The van der Waals surface area contributed by atoms with Crippen LogP contribution in [0.2, 0.25) is 0 Å². The first kappa shape index (κ1) is 14.4. The summed E-state index contributed by atoms with van der Waals surface area (Å²) in [5, 5.41) is 12.6. The van der Waals surface area contributed by atoms with Gasteiger partial charge in [-0.2, -0.15) is 11.8 Å². The van der Waals surface area contributed by atoms with Gasteiger partial charge in [0.1, 0.15) is 0 Å². The predicted octanol–water partition coefficient (Wildman–Crippen LogP) is 4.24. The molecule has 0 radical (unpaired) electrons. The molecular formula is C14H19BrO2S2. The second kappa shape index (κ2) is 6.06. The maximum atomic E-state index is 10.6. The highest BCUT2D eigenvalue weighted by Gasteiger charge is 2.41. The maximum absolute atomic E-state index is 10.6. The summed E-state index contributed by atoms with van der Waals surface area (Å²) in [7, 11) is 0. The van der Waals surface area contributed by atoms with Crippen LogP contribution in [0, 0.1) is 5.92 Å². The lowest BCUT2D eigenvalue weighted by Crippen LogP contribution is -2.44. The monoisotopic (exact) mass is 362 g/mol. The second-order valence-corrected chi connectivity index (χ2v) is 8.59. The molecular weight excluding hydrogens is 344 g/mol. The van der Waals surface area contributed by atoms with Gasteiger partial charge in [-0.3, -0.25) is 0 Å². The molecule has 0 aliphatic carbocycles. The average molecular weight is 363 g/mol. The van der Waals surface area contributed by atoms with Gasteiger partial charge >= 0.3 is 0 Å². The zero-order chi connectivity index (χ0) is 13.3. The van der Waals surface area contributed by atoms with Gasteiger partial charge in [-0.15, -0.1) is 11.3 Å². The minimum absolute atomic E-state index is 0.0592. The summed E-state index contributed by atoms with van der Waals surface area (Å²) in [5.41, 5.74) is 0.0592. The number of halogens is 1. The predicted molar refractivity (Wildman–Crippen MR) is 84.9 cm³/mol. The summed E-state index contributed by atoms with van der Waals surface area (Å²) >= 11 is 7.14. The number of hydrogen-bond acceptors (Lipinski definition) is 4. The smallest absolute Gasteiger partial charge is 0.0912 e. The zero-order valence-electron chi connectivity index (χ0n) is 10.8. The lowest BCUT2D eigenvalue weighted by molar-refractivity contribution is -0.120. The molecule has 2 nitrogen and oxygen atoms in total. The molecule has 1 aromatic rings. The van der Waals surface area contributed by atoms with E-state index in [-0.39, 0.29) is 11.7 Å². The first-order valence-electron chi connectivity index (χ1n) is 6.82. The van der Waals surface area contributed by atoms with Crippen LogP contribution in [0.4, 0.5) is 0 Å². The van der Waals surface area contributed by atoms with Crippen molar-refractivity contribution in [2.45, 2.75) is 37.4 Å². The number of aliphatic hydroxyl groups is 1.